The summed E-state index contributed by atoms with van der Waals surface area (Å²) in [6.07, 6.45) is -0.639. The van der Waals surface area contributed by atoms with Crippen LogP contribution in [0.1, 0.15) is 26.3 Å². The summed E-state index contributed by atoms with van der Waals surface area (Å²) in [5.41, 5.74) is -0.960. The lowest BCUT2D eigenvalue weighted by Crippen LogP contribution is -2.42. The Bertz CT molecular complexity index is 570. The molecule has 1 aromatic rings. The molecule has 0 heterocycles. The molecule has 4 nitrogen and oxygen atoms in total. The monoisotopic (exact) mass is 317 g/mol. The maximum atomic E-state index is 13.6. The van der Waals surface area contributed by atoms with Crippen molar-refractivity contribution in [1.82, 2.24) is 4.90 Å². The Morgan fingerprint density at radius 3 is 2.27 bits per heavy atom. The van der Waals surface area contributed by atoms with Gasteiger partial charge in [-0.3, -0.25) is 0 Å². The van der Waals surface area contributed by atoms with Gasteiger partial charge in [-0.25, -0.2) is 18.0 Å². The Kier molecular flexibility index (Phi) is 5.57. The van der Waals surface area contributed by atoms with Crippen molar-refractivity contribution in [1.29, 1.82) is 0 Å². The standard InChI is InChI=1S/C15H18F3NO3/c1-15(2,3)22-14(21)19(4)10(8-20)5-9-6-12(17)13(18)7-11(9)16/h6-8,10H,5H2,1-4H3. The third-order valence-electron chi connectivity index (χ3n) is 2.85. The van der Waals surface area contributed by atoms with E-state index in [9.17, 15) is 22.8 Å². The van der Waals surface area contributed by atoms with Crippen molar-refractivity contribution in [3.8, 4) is 0 Å². The molecule has 0 aromatic heterocycles. The van der Waals surface area contributed by atoms with Crippen LogP contribution in [0.15, 0.2) is 12.1 Å². The summed E-state index contributed by atoms with van der Waals surface area (Å²) in [5.74, 6) is -3.52. The molecule has 0 aliphatic rings. The van der Waals surface area contributed by atoms with E-state index in [1.54, 1.807) is 20.8 Å². The van der Waals surface area contributed by atoms with Crippen molar-refractivity contribution in [2.24, 2.45) is 0 Å². The van der Waals surface area contributed by atoms with E-state index in [0.29, 0.717) is 18.4 Å². The Labute approximate surface area is 126 Å². The molecule has 7 heteroatoms. The van der Waals surface area contributed by atoms with Gasteiger partial charge in [0.25, 0.3) is 0 Å². The first-order valence-electron chi connectivity index (χ1n) is 6.59. The Hall–Kier alpha value is -2.05. The first kappa shape index (κ1) is 18.0. The fourth-order valence-corrected chi connectivity index (χ4v) is 1.69. The summed E-state index contributed by atoms with van der Waals surface area (Å²) >= 11 is 0. The second-order valence-electron chi connectivity index (χ2n) is 5.86. The second kappa shape index (κ2) is 6.81. The number of nitrogens with zero attached hydrogens (tertiary/aromatic N) is 1. The van der Waals surface area contributed by atoms with Crippen LogP contribution in [-0.4, -0.2) is 36.0 Å². The number of amides is 1. The van der Waals surface area contributed by atoms with Gasteiger partial charge in [-0.2, -0.15) is 0 Å². The van der Waals surface area contributed by atoms with Gasteiger partial charge in [-0.1, -0.05) is 0 Å². The van der Waals surface area contributed by atoms with Gasteiger partial charge >= 0.3 is 6.09 Å². The molecule has 1 rings (SSSR count). The van der Waals surface area contributed by atoms with Gasteiger partial charge in [0.1, 0.15) is 17.7 Å². The summed E-state index contributed by atoms with van der Waals surface area (Å²) in [5, 5.41) is 0. The minimum Gasteiger partial charge on any atom is -0.444 e. The number of hydrogen-bond acceptors (Lipinski definition) is 3. The molecule has 0 aliphatic carbocycles. The Morgan fingerprint density at radius 1 is 1.23 bits per heavy atom. The molecule has 1 amide bonds. The number of carbonyl (C=O) groups is 2. The average Bonchev–Trinajstić information content (AvgIpc) is 2.38. The fourth-order valence-electron chi connectivity index (χ4n) is 1.69. The molecule has 0 saturated carbocycles. The van der Waals surface area contributed by atoms with Crippen LogP contribution in [0.4, 0.5) is 18.0 Å². The molecular weight excluding hydrogens is 299 g/mol. The van der Waals surface area contributed by atoms with Crippen LogP contribution in [0.5, 0.6) is 0 Å². The topological polar surface area (TPSA) is 46.6 Å². The number of aldehydes is 1. The van der Waals surface area contributed by atoms with E-state index in [4.69, 9.17) is 4.74 Å². The van der Waals surface area contributed by atoms with Crippen LogP contribution in [0.25, 0.3) is 0 Å². The molecule has 0 aliphatic heterocycles. The third-order valence-corrected chi connectivity index (χ3v) is 2.85. The number of carbonyl (C=O) groups excluding carboxylic acids is 2. The smallest absolute Gasteiger partial charge is 0.410 e. The number of rotatable bonds is 4. The maximum absolute atomic E-state index is 13.6. The van der Waals surface area contributed by atoms with Gasteiger partial charge in [0.2, 0.25) is 0 Å². The molecule has 22 heavy (non-hydrogen) atoms. The van der Waals surface area contributed by atoms with Crippen molar-refractivity contribution < 1.29 is 27.5 Å². The number of halogens is 3. The lowest BCUT2D eigenvalue weighted by molar-refractivity contribution is -0.112. The van der Waals surface area contributed by atoms with Gasteiger partial charge in [-0.05, 0) is 32.4 Å². The van der Waals surface area contributed by atoms with Crippen LogP contribution in [0.2, 0.25) is 0 Å². The van der Waals surface area contributed by atoms with E-state index < -0.39 is 35.2 Å². The largest absolute Gasteiger partial charge is 0.444 e. The van der Waals surface area contributed by atoms with E-state index in [0.717, 1.165) is 4.90 Å². The zero-order valence-electron chi connectivity index (χ0n) is 12.8. The molecule has 0 fully saturated rings. The van der Waals surface area contributed by atoms with Crippen LogP contribution >= 0.6 is 0 Å². The van der Waals surface area contributed by atoms with Crippen LogP contribution in [-0.2, 0) is 16.0 Å². The number of hydrogen-bond donors (Lipinski definition) is 0. The van der Waals surface area contributed by atoms with E-state index in [2.05, 4.69) is 0 Å². The van der Waals surface area contributed by atoms with Gasteiger partial charge in [0.05, 0.1) is 6.04 Å². The lowest BCUT2D eigenvalue weighted by atomic mass is 10.1. The first-order chi connectivity index (χ1) is 10.0. The lowest BCUT2D eigenvalue weighted by Gasteiger charge is -2.28. The average molecular weight is 317 g/mol. The van der Waals surface area contributed by atoms with E-state index in [1.165, 1.54) is 7.05 Å². The highest BCUT2D eigenvalue weighted by molar-refractivity contribution is 5.73. The quantitative estimate of drug-likeness (QED) is 0.633. The zero-order valence-corrected chi connectivity index (χ0v) is 12.8. The molecule has 0 bridgehead atoms. The molecular formula is C15H18F3NO3. The van der Waals surface area contributed by atoms with Gasteiger partial charge in [-0.15, -0.1) is 0 Å². The minimum atomic E-state index is -1.32. The zero-order chi connectivity index (χ0) is 17.1. The first-order valence-corrected chi connectivity index (χ1v) is 6.59. The van der Waals surface area contributed by atoms with Gasteiger partial charge < -0.3 is 14.4 Å². The Morgan fingerprint density at radius 2 is 1.77 bits per heavy atom. The maximum Gasteiger partial charge on any atom is 0.410 e. The van der Waals surface area contributed by atoms with E-state index >= 15 is 0 Å². The molecule has 0 saturated heterocycles. The Balaban J connectivity index is 2.91. The third kappa shape index (κ3) is 4.75. The highest BCUT2D eigenvalue weighted by Crippen LogP contribution is 2.17. The van der Waals surface area contributed by atoms with E-state index in [-0.39, 0.29) is 12.0 Å². The van der Waals surface area contributed by atoms with E-state index in [1.807, 2.05) is 0 Å². The van der Waals surface area contributed by atoms with Crippen molar-refractivity contribution in [2.75, 3.05) is 7.05 Å². The number of benzene rings is 1. The second-order valence-corrected chi connectivity index (χ2v) is 5.86. The summed E-state index contributed by atoms with van der Waals surface area (Å²) in [7, 11) is 1.31. The normalized spacial score (nSPS) is 12.7. The van der Waals surface area contributed by atoms with Crippen molar-refractivity contribution in [3.63, 3.8) is 0 Å². The van der Waals surface area contributed by atoms with Crippen LogP contribution in [0.3, 0.4) is 0 Å². The van der Waals surface area contributed by atoms with Crippen molar-refractivity contribution >= 4 is 12.4 Å². The molecule has 1 unspecified atom stereocenters. The molecule has 0 radical (unpaired) electrons. The van der Waals surface area contributed by atoms with Gasteiger partial charge in [0.15, 0.2) is 11.6 Å². The van der Waals surface area contributed by atoms with Crippen LogP contribution in [0, 0.1) is 17.5 Å². The molecule has 1 aromatic carbocycles. The number of likely N-dealkylation sites (N-methyl/N-ethyl adjacent to an activating group) is 1. The summed E-state index contributed by atoms with van der Waals surface area (Å²) < 4.78 is 44.7. The minimum absolute atomic E-state index is 0.202. The molecule has 0 N–H and O–H groups in total. The summed E-state index contributed by atoms with van der Waals surface area (Å²) in [6, 6.07) is 0.0126. The fraction of sp³-hybridized carbons (Fsp3) is 0.467. The predicted molar refractivity (Wildman–Crippen MR) is 73.9 cm³/mol. The van der Waals surface area contributed by atoms with Crippen molar-refractivity contribution in [3.05, 3.63) is 35.1 Å². The van der Waals surface area contributed by atoms with Crippen molar-refractivity contribution in [2.45, 2.75) is 38.8 Å². The molecule has 1 atom stereocenters. The number of ether oxygens (including phenoxy) is 1. The highest BCUT2D eigenvalue weighted by Gasteiger charge is 2.26. The summed E-state index contributed by atoms with van der Waals surface area (Å²) in [4.78, 5) is 24.0. The predicted octanol–water partition coefficient (Wildman–Crippen LogP) is 3.08. The summed E-state index contributed by atoms with van der Waals surface area (Å²) in [6.45, 7) is 4.97. The molecule has 0 spiro atoms. The molecule has 122 valence electrons. The van der Waals surface area contributed by atoms with Crippen LogP contribution < -0.4 is 0 Å². The SMILES string of the molecule is CN(C(=O)OC(C)(C)C)C(C=O)Cc1cc(F)c(F)cc1F. The van der Waals surface area contributed by atoms with Gasteiger partial charge in [0, 0.05) is 19.5 Å². The highest BCUT2D eigenvalue weighted by atomic mass is 19.2.